The Kier molecular flexibility index (Phi) is 2.99. The van der Waals surface area contributed by atoms with E-state index in [2.05, 4.69) is 9.97 Å². The number of rotatable bonds is 3. The molecule has 6 heteroatoms. The summed E-state index contributed by atoms with van der Waals surface area (Å²) in [6.45, 7) is 3.22. The number of aromatic nitrogens is 3. The van der Waals surface area contributed by atoms with Crippen molar-refractivity contribution in [3.8, 4) is 0 Å². The van der Waals surface area contributed by atoms with Gasteiger partial charge in [0.1, 0.15) is 11.5 Å². The lowest BCUT2D eigenvalue weighted by Gasteiger charge is -2.12. The van der Waals surface area contributed by atoms with E-state index in [1.807, 2.05) is 6.92 Å². The molecule has 0 aliphatic heterocycles. The van der Waals surface area contributed by atoms with E-state index in [1.54, 1.807) is 13.0 Å². The first kappa shape index (κ1) is 11.8. The largest absolute Gasteiger partial charge is 0.394 e. The summed E-state index contributed by atoms with van der Waals surface area (Å²) in [5, 5.41) is 18.7. The Bertz CT molecular complexity index is 600. The van der Waals surface area contributed by atoms with Crippen molar-refractivity contribution in [1.82, 2.24) is 14.5 Å². The van der Waals surface area contributed by atoms with Crippen LogP contribution in [0.3, 0.4) is 0 Å². The molecular weight excluding hydrogens is 222 g/mol. The minimum atomic E-state index is -0.953. The highest BCUT2D eigenvalue weighted by molar-refractivity contribution is 5.75. The van der Waals surface area contributed by atoms with Gasteiger partial charge in [0.05, 0.1) is 24.6 Å². The summed E-state index contributed by atoms with van der Waals surface area (Å²) in [5.74, 6) is 0.511. The molecule has 2 aromatic heterocycles. The number of aromatic amines is 1. The molecule has 6 nitrogen and oxygen atoms in total. The van der Waals surface area contributed by atoms with Crippen LogP contribution in [-0.4, -0.2) is 37.5 Å². The Morgan fingerprint density at radius 3 is 2.88 bits per heavy atom. The molecule has 0 radical (unpaired) electrons. The Labute approximate surface area is 97.5 Å². The smallest absolute Gasteiger partial charge is 0.263 e. The molecule has 0 bridgehead atoms. The molecule has 2 rings (SSSR count). The SMILES string of the molecule is Cc1cc2c(=O)n(CC(O)CO)c(C)nc2[nH]1. The van der Waals surface area contributed by atoms with Crippen LogP contribution in [0.4, 0.5) is 0 Å². The van der Waals surface area contributed by atoms with Gasteiger partial charge < -0.3 is 15.2 Å². The third-order valence-electron chi connectivity index (χ3n) is 2.68. The summed E-state index contributed by atoms with van der Waals surface area (Å²) in [6, 6.07) is 1.73. The molecule has 2 aromatic rings. The second kappa shape index (κ2) is 4.31. The fraction of sp³-hybridized carbons (Fsp3) is 0.455. The van der Waals surface area contributed by atoms with Gasteiger partial charge in [0.15, 0.2) is 0 Å². The molecule has 0 spiro atoms. The standard InChI is InChI=1S/C11H15N3O3/c1-6-3-9-10(12-6)13-7(2)14(11(9)17)4-8(16)5-15/h3,8,12,15-16H,4-5H2,1-2H3. The molecule has 0 aromatic carbocycles. The van der Waals surface area contributed by atoms with E-state index in [0.717, 1.165) is 5.69 Å². The molecule has 0 amide bonds. The summed E-state index contributed by atoms with van der Waals surface area (Å²) in [5.41, 5.74) is 1.22. The first-order valence-corrected chi connectivity index (χ1v) is 5.38. The topological polar surface area (TPSA) is 91.1 Å². The first-order chi connectivity index (χ1) is 8.02. The maximum atomic E-state index is 12.1. The number of nitrogens with one attached hydrogen (secondary N) is 1. The Balaban J connectivity index is 2.59. The fourth-order valence-electron chi connectivity index (χ4n) is 1.82. The highest BCUT2D eigenvalue weighted by Gasteiger charge is 2.12. The molecule has 0 aliphatic carbocycles. The molecule has 0 fully saturated rings. The Hall–Kier alpha value is -1.66. The Morgan fingerprint density at radius 2 is 2.24 bits per heavy atom. The molecule has 2 heterocycles. The summed E-state index contributed by atoms with van der Waals surface area (Å²) in [4.78, 5) is 19.4. The highest BCUT2D eigenvalue weighted by Crippen LogP contribution is 2.09. The van der Waals surface area contributed by atoms with Crippen LogP contribution in [0.25, 0.3) is 11.0 Å². The maximum Gasteiger partial charge on any atom is 0.263 e. The van der Waals surface area contributed by atoms with Crippen LogP contribution in [0.15, 0.2) is 10.9 Å². The van der Waals surface area contributed by atoms with E-state index < -0.39 is 6.10 Å². The van der Waals surface area contributed by atoms with Gasteiger partial charge in [-0.1, -0.05) is 0 Å². The number of aliphatic hydroxyl groups excluding tert-OH is 2. The highest BCUT2D eigenvalue weighted by atomic mass is 16.3. The van der Waals surface area contributed by atoms with Gasteiger partial charge in [-0.2, -0.15) is 0 Å². The number of fused-ring (bicyclic) bond motifs is 1. The molecule has 17 heavy (non-hydrogen) atoms. The molecule has 0 aliphatic rings. The lowest BCUT2D eigenvalue weighted by Crippen LogP contribution is -2.30. The normalized spacial score (nSPS) is 13.2. The minimum Gasteiger partial charge on any atom is -0.394 e. The molecule has 0 saturated carbocycles. The van der Waals surface area contributed by atoms with E-state index in [0.29, 0.717) is 16.9 Å². The molecule has 1 atom stereocenters. The van der Waals surface area contributed by atoms with Crippen LogP contribution in [0.2, 0.25) is 0 Å². The van der Waals surface area contributed by atoms with Crippen molar-refractivity contribution in [3.05, 3.63) is 27.9 Å². The summed E-state index contributed by atoms with van der Waals surface area (Å²) in [6.07, 6.45) is -0.953. The van der Waals surface area contributed by atoms with Crippen molar-refractivity contribution in [2.45, 2.75) is 26.5 Å². The van der Waals surface area contributed by atoms with Crippen molar-refractivity contribution in [2.24, 2.45) is 0 Å². The lowest BCUT2D eigenvalue weighted by molar-refractivity contribution is 0.0797. The number of nitrogens with zero attached hydrogens (tertiary/aromatic N) is 2. The predicted octanol–water partition coefficient (Wildman–Crippen LogP) is -0.305. The van der Waals surface area contributed by atoms with Gasteiger partial charge in [-0.3, -0.25) is 9.36 Å². The number of hydrogen-bond acceptors (Lipinski definition) is 4. The summed E-state index contributed by atoms with van der Waals surface area (Å²) >= 11 is 0. The van der Waals surface area contributed by atoms with Crippen molar-refractivity contribution < 1.29 is 10.2 Å². The second-order valence-electron chi connectivity index (χ2n) is 4.13. The van der Waals surface area contributed by atoms with Gasteiger partial charge in [0.25, 0.3) is 5.56 Å². The van der Waals surface area contributed by atoms with Crippen LogP contribution in [0, 0.1) is 13.8 Å². The van der Waals surface area contributed by atoms with Gasteiger partial charge in [-0.05, 0) is 19.9 Å². The summed E-state index contributed by atoms with van der Waals surface area (Å²) in [7, 11) is 0. The number of aryl methyl sites for hydroxylation is 2. The Morgan fingerprint density at radius 1 is 1.53 bits per heavy atom. The molecular formula is C11H15N3O3. The maximum absolute atomic E-state index is 12.1. The van der Waals surface area contributed by atoms with Crippen LogP contribution < -0.4 is 5.56 Å². The lowest BCUT2D eigenvalue weighted by atomic mass is 10.3. The third kappa shape index (κ3) is 2.09. The van der Waals surface area contributed by atoms with Crippen LogP contribution >= 0.6 is 0 Å². The molecule has 1 unspecified atom stereocenters. The molecule has 0 saturated heterocycles. The zero-order chi connectivity index (χ0) is 12.6. The van der Waals surface area contributed by atoms with Crippen LogP contribution in [0.5, 0.6) is 0 Å². The zero-order valence-electron chi connectivity index (χ0n) is 9.77. The number of H-pyrrole nitrogens is 1. The average molecular weight is 237 g/mol. The number of hydrogen-bond donors (Lipinski definition) is 3. The van der Waals surface area contributed by atoms with E-state index >= 15 is 0 Å². The minimum absolute atomic E-state index is 0.0499. The predicted molar refractivity (Wildman–Crippen MR) is 62.9 cm³/mol. The van der Waals surface area contributed by atoms with Crippen LogP contribution in [0.1, 0.15) is 11.5 Å². The molecule has 3 N–H and O–H groups in total. The molecule has 92 valence electrons. The van der Waals surface area contributed by atoms with Gasteiger partial charge in [0, 0.05) is 5.69 Å². The van der Waals surface area contributed by atoms with Crippen molar-refractivity contribution in [1.29, 1.82) is 0 Å². The van der Waals surface area contributed by atoms with Crippen molar-refractivity contribution in [2.75, 3.05) is 6.61 Å². The van der Waals surface area contributed by atoms with Gasteiger partial charge in [-0.25, -0.2) is 4.98 Å². The van der Waals surface area contributed by atoms with E-state index in [-0.39, 0.29) is 18.7 Å². The quantitative estimate of drug-likeness (QED) is 0.683. The first-order valence-electron chi connectivity index (χ1n) is 5.38. The average Bonchev–Trinajstić information content (AvgIpc) is 2.64. The monoisotopic (exact) mass is 237 g/mol. The van der Waals surface area contributed by atoms with E-state index in [1.165, 1.54) is 4.57 Å². The van der Waals surface area contributed by atoms with Gasteiger partial charge >= 0.3 is 0 Å². The van der Waals surface area contributed by atoms with Crippen LogP contribution in [-0.2, 0) is 6.54 Å². The fourth-order valence-corrected chi connectivity index (χ4v) is 1.82. The van der Waals surface area contributed by atoms with E-state index in [9.17, 15) is 9.90 Å². The zero-order valence-corrected chi connectivity index (χ0v) is 9.77. The second-order valence-corrected chi connectivity index (χ2v) is 4.13. The number of aliphatic hydroxyl groups is 2. The summed E-state index contributed by atoms with van der Waals surface area (Å²) < 4.78 is 1.37. The van der Waals surface area contributed by atoms with E-state index in [4.69, 9.17) is 5.11 Å². The third-order valence-corrected chi connectivity index (χ3v) is 2.68. The van der Waals surface area contributed by atoms with Crippen molar-refractivity contribution >= 4 is 11.0 Å². The van der Waals surface area contributed by atoms with Gasteiger partial charge in [-0.15, -0.1) is 0 Å². The van der Waals surface area contributed by atoms with Gasteiger partial charge in [0.2, 0.25) is 0 Å². The van der Waals surface area contributed by atoms with Crippen molar-refractivity contribution in [3.63, 3.8) is 0 Å².